The molecule has 0 atom stereocenters. The number of aromatic hydroxyl groups is 1. The van der Waals surface area contributed by atoms with Gasteiger partial charge in [-0.3, -0.25) is 0 Å². The summed E-state index contributed by atoms with van der Waals surface area (Å²) in [5.41, 5.74) is 4.39. The molecule has 0 amide bonds. The largest absolute Gasteiger partial charge is 0.508 e. The fourth-order valence-corrected chi connectivity index (χ4v) is 2.95. The van der Waals surface area contributed by atoms with Gasteiger partial charge in [-0.2, -0.15) is 0 Å². The molecule has 4 heteroatoms. The van der Waals surface area contributed by atoms with Gasteiger partial charge < -0.3 is 19.3 Å². The smallest absolute Gasteiger partial charge is 0.161 e. The van der Waals surface area contributed by atoms with E-state index in [2.05, 4.69) is 0 Å². The topological polar surface area (TPSA) is 47.9 Å². The lowest BCUT2D eigenvalue weighted by atomic mass is 9.84. The molecule has 0 fully saturated rings. The quantitative estimate of drug-likeness (QED) is 0.941. The van der Waals surface area contributed by atoms with Gasteiger partial charge in [-0.1, -0.05) is 0 Å². The predicted molar refractivity (Wildman–Crippen MR) is 80.6 cm³/mol. The van der Waals surface area contributed by atoms with Crippen LogP contribution in [0.3, 0.4) is 0 Å². The monoisotopic (exact) mass is 286 g/mol. The van der Waals surface area contributed by atoms with E-state index in [1.807, 2.05) is 12.1 Å². The minimum absolute atomic E-state index is 0.231. The van der Waals surface area contributed by atoms with Gasteiger partial charge in [0.25, 0.3) is 0 Å². The van der Waals surface area contributed by atoms with Crippen molar-refractivity contribution >= 4 is 0 Å². The average Bonchev–Trinajstić information content (AvgIpc) is 2.51. The second kappa shape index (κ2) is 5.20. The van der Waals surface area contributed by atoms with Crippen molar-refractivity contribution in [2.75, 3.05) is 21.3 Å². The van der Waals surface area contributed by atoms with Gasteiger partial charge in [-0.15, -0.1) is 0 Å². The van der Waals surface area contributed by atoms with E-state index in [1.54, 1.807) is 33.5 Å². The first-order valence-corrected chi connectivity index (χ1v) is 6.83. The lowest BCUT2D eigenvalue weighted by Crippen LogP contribution is -2.06. The van der Waals surface area contributed by atoms with E-state index in [9.17, 15) is 5.11 Å². The lowest BCUT2D eigenvalue weighted by Gasteiger charge is -2.24. The molecule has 0 radical (unpaired) electrons. The molecule has 1 aliphatic rings. The van der Waals surface area contributed by atoms with Crippen LogP contribution in [-0.4, -0.2) is 26.4 Å². The highest BCUT2D eigenvalue weighted by Gasteiger charge is 2.23. The summed E-state index contributed by atoms with van der Waals surface area (Å²) in [7, 11) is 4.88. The van der Waals surface area contributed by atoms with Crippen molar-refractivity contribution in [2.45, 2.75) is 12.8 Å². The molecule has 1 N–H and O–H groups in total. The molecule has 0 bridgehead atoms. The SMILES string of the molecule is COc1cc2c(cc1OC)-c1c(cc(O)cc1OC)CC2. The third-order valence-corrected chi connectivity index (χ3v) is 3.93. The maximum absolute atomic E-state index is 9.81. The van der Waals surface area contributed by atoms with Gasteiger partial charge in [-0.25, -0.2) is 0 Å². The molecule has 0 unspecified atom stereocenters. The van der Waals surface area contributed by atoms with Crippen molar-refractivity contribution < 1.29 is 19.3 Å². The molecule has 1 aliphatic carbocycles. The standard InChI is InChI=1S/C17H18O4/c1-19-14-7-10-4-5-11-6-12(18)8-16(21-3)17(11)13(10)9-15(14)20-2/h6-9,18H,4-5H2,1-3H3. The maximum atomic E-state index is 9.81. The summed E-state index contributed by atoms with van der Waals surface area (Å²) in [6.07, 6.45) is 1.76. The van der Waals surface area contributed by atoms with Crippen molar-refractivity contribution in [2.24, 2.45) is 0 Å². The number of phenols is 1. The molecule has 0 saturated heterocycles. The molecule has 21 heavy (non-hydrogen) atoms. The van der Waals surface area contributed by atoms with Gasteiger partial charge in [0, 0.05) is 11.6 Å². The average molecular weight is 286 g/mol. The zero-order valence-electron chi connectivity index (χ0n) is 12.4. The van der Waals surface area contributed by atoms with E-state index < -0.39 is 0 Å². The normalized spacial score (nSPS) is 12.3. The molecule has 2 aromatic rings. The summed E-state index contributed by atoms with van der Waals surface area (Å²) in [4.78, 5) is 0. The first-order valence-electron chi connectivity index (χ1n) is 6.83. The molecule has 0 aromatic heterocycles. The summed E-state index contributed by atoms with van der Waals surface area (Å²) in [6, 6.07) is 7.44. The number of benzene rings is 2. The van der Waals surface area contributed by atoms with Gasteiger partial charge in [-0.05, 0) is 47.7 Å². The molecule has 2 aromatic carbocycles. The Hall–Kier alpha value is -2.36. The molecule has 4 nitrogen and oxygen atoms in total. The Bertz CT molecular complexity index is 674. The molecule has 0 saturated carbocycles. The van der Waals surface area contributed by atoms with Crippen LogP contribution >= 0.6 is 0 Å². The van der Waals surface area contributed by atoms with Gasteiger partial charge in [0.05, 0.1) is 21.3 Å². The Labute approximate surface area is 123 Å². The van der Waals surface area contributed by atoms with Crippen LogP contribution in [0, 0.1) is 0 Å². The number of fused-ring (bicyclic) bond motifs is 3. The highest BCUT2D eigenvalue weighted by Crippen LogP contribution is 2.45. The zero-order chi connectivity index (χ0) is 15.0. The Balaban J connectivity index is 2.26. The number of hydrogen-bond acceptors (Lipinski definition) is 4. The van der Waals surface area contributed by atoms with Crippen LogP contribution in [0.2, 0.25) is 0 Å². The van der Waals surface area contributed by atoms with E-state index in [0.29, 0.717) is 11.5 Å². The summed E-state index contributed by atoms with van der Waals surface area (Å²) in [5, 5.41) is 9.81. The number of ether oxygens (including phenoxy) is 3. The van der Waals surface area contributed by atoms with E-state index in [1.165, 1.54) is 5.56 Å². The van der Waals surface area contributed by atoms with E-state index in [-0.39, 0.29) is 5.75 Å². The number of rotatable bonds is 3. The zero-order valence-corrected chi connectivity index (χ0v) is 12.4. The molecular formula is C17H18O4. The third kappa shape index (κ3) is 2.17. The predicted octanol–water partition coefficient (Wildman–Crippen LogP) is 3.18. The fraction of sp³-hybridized carbons (Fsp3) is 0.294. The van der Waals surface area contributed by atoms with Crippen LogP contribution in [0.1, 0.15) is 11.1 Å². The van der Waals surface area contributed by atoms with Crippen molar-refractivity contribution in [1.29, 1.82) is 0 Å². The van der Waals surface area contributed by atoms with Crippen molar-refractivity contribution in [3.8, 4) is 34.1 Å². The highest BCUT2D eigenvalue weighted by atomic mass is 16.5. The Morgan fingerprint density at radius 3 is 2.05 bits per heavy atom. The lowest BCUT2D eigenvalue weighted by molar-refractivity contribution is 0.354. The molecule has 110 valence electrons. The first-order chi connectivity index (χ1) is 10.2. The van der Waals surface area contributed by atoms with Gasteiger partial charge in [0.1, 0.15) is 11.5 Å². The minimum Gasteiger partial charge on any atom is -0.508 e. The molecule has 3 rings (SSSR count). The van der Waals surface area contributed by atoms with Gasteiger partial charge in [0.2, 0.25) is 0 Å². The van der Waals surface area contributed by atoms with Crippen molar-refractivity contribution in [1.82, 2.24) is 0 Å². The summed E-state index contributed by atoms with van der Waals surface area (Å²) < 4.78 is 16.2. The van der Waals surface area contributed by atoms with Crippen LogP contribution in [0.25, 0.3) is 11.1 Å². The van der Waals surface area contributed by atoms with Crippen LogP contribution in [-0.2, 0) is 12.8 Å². The molecule has 0 heterocycles. The summed E-state index contributed by atoms with van der Waals surface area (Å²) in [5.74, 6) is 2.34. The van der Waals surface area contributed by atoms with Crippen LogP contribution in [0.4, 0.5) is 0 Å². The molecule has 0 aliphatic heterocycles. The van der Waals surface area contributed by atoms with E-state index in [0.717, 1.165) is 35.3 Å². The number of phenolic OH excluding ortho intramolecular Hbond substituents is 1. The van der Waals surface area contributed by atoms with Crippen LogP contribution < -0.4 is 14.2 Å². The first kappa shape index (κ1) is 13.6. The fourth-order valence-electron chi connectivity index (χ4n) is 2.95. The molecule has 0 spiro atoms. The Morgan fingerprint density at radius 1 is 0.762 bits per heavy atom. The third-order valence-electron chi connectivity index (χ3n) is 3.93. The number of hydrogen-bond donors (Lipinski definition) is 1. The number of aryl methyl sites for hydroxylation is 2. The Kier molecular flexibility index (Phi) is 3.37. The maximum Gasteiger partial charge on any atom is 0.161 e. The minimum atomic E-state index is 0.231. The number of methoxy groups -OCH3 is 3. The van der Waals surface area contributed by atoms with Crippen molar-refractivity contribution in [3.05, 3.63) is 35.4 Å². The van der Waals surface area contributed by atoms with E-state index >= 15 is 0 Å². The van der Waals surface area contributed by atoms with Crippen molar-refractivity contribution in [3.63, 3.8) is 0 Å². The van der Waals surface area contributed by atoms with Crippen LogP contribution in [0.5, 0.6) is 23.0 Å². The van der Waals surface area contributed by atoms with Gasteiger partial charge in [0.15, 0.2) is 11.5 Å². The second-order valence-corrected chi connectivity index (χ2v) is 5.05. The van der Waals surface area contributed by atoms with E-state index in [4.69, 9.17) is 14.2 Å². The molecular weight excluding hydrogens is 268 g/mol. The van der Waals surface area contributed by atoms with Crippen LogP contribution in [0.15, 0.2) is 24.3 Å². The summed E-state index contributed by atoms with van der Waals surface area (Å²) >= 11 is 0. The highest BCUT2D eigenvalue weighted by molar-refractivity contribution is 5.81. The second-order valence-electron chi connectivity index (χ2n) is 5.05. The Morgan fingerprint density at radius 2 is 1.38 bits per heavy atom. The van der Waals surface area contributed by atoms with Gasteiger partial charge >= 0.3 is 0 Å². The summed E-state index contributed by atoms with van der Waals surface area (Å²) in [6.45, 7) is 0.